The van der Waals surface area contributed by atoms with Crippen molar-refractivity contribution in [3.63, 3.8) is 0 Å². The number of carboxylic acids is 1. The van der Waals surface area contributed by atoms with Crippen LogP contribution in [0.15, 0.2) is 0 Å². The zero-order chi connectivity index (χ0) is 12.3. The number of nitrogens with zero attached hydrogens (tertiary/aromatic N) is 1. The number of aryl methyl sites for hydroxylation is 1. The molecule has 1 aromatic rings. The van der Waals surface area contributed by atoms with E-state index < -0.39 is 5.97 Å². The first kappa shape index (κ1) is 12.3. The highest BCUT2D eigenvalue weighted by Gasteiger charge is 2.17. The fourth-order valence-corrected chi connectivity index (χ4v) is 2.34. The molecule has 1 aliphatic rings. The maximum atomic E-state index is 10.8. The van der Waals surface area contributed by atoms with Gasteiger partial charge in [0, 0.05) is 11.4 Å². The number of hydrogen-bond donors (Lipinski definition) is 2. The van der Waals surface area contributed by atoms with Crippen molar-refractivity contribution < 1.29 is 19.4 Å². The van der Waals surface area contributed by atoms with Crippen molar-refractivity contribution in [2.24, 2.45) is 0 Å². The van der Waals surface area contributed by atoms with Crippen molar-refractivity contribution in [1.82, 2.24) is 4.98 Å². The lowest BCUT2D eigenvalue weighted by atomic mass is 10.3. The van der Waals surface area contributed by atoms with Gasteiger partial charge in [0.25, 0.3) is 0 Å². The zero-order valence-corrected chi connectivity index (χ0v) is 10.2. The SMILES string of the molecule is Cc1sc(NCC2COCCO2)nc1C(=O)O. The molecule has 1 aromatic heterocycles. The molecule has 7 heteroatoms. The lowest BCUT2D eigenvalue weighted by Crippen LogP contribution is -2.34. The van der Waals surface area contributed by atoms with Gasteiger partial charge in [0.2, 0.25) is 0 Å². The van der Waals surface area contributed by atoms with Crippen molar-refractivity contribution in [2.45, 2.75) is 13.0 Å². The fraction of sp³-hybridized carbons (Fsp3) is 0.600. The van der Waals surface area contributed by atoms with E-state index in [1.807, 2.05) is 0 Å². The van der Waals surface area contributed by atoms with Crippen LogP contribution >= 0.6 is 11.3 Å². The Bertz CT molecular complexity index is 401. The van der Waals surface area contributed by atoms with E-state index in [0.717, 1.165) is 0 Å². The van der Waals surface area contributed by atoms with Crippen molar-refractivity contribution >= 4 is 22.4 Å². The third kappa shape index (κ3) is 3.15. The molecule has 2 rings (SSSR count). The Labute approximate surface area is 103 Å². The molecule has 1 aliphatic heterocycles. The summed E-state index contributed by atoms with van der Waals surface area (Å²) < 4.78 is 10.7. The number of nitrogens with one attached hydrogen (secondary N) is 1. The molecule has 6 nitrogen and oxygen atoms in total. The molecule has 0 saturated carbocycles. The number of hydrogen-bond acceptors (Lipinski definition) is 6. The summed E-state index contributed by atoms with van der Waals surface area (Å²) in [5.74, 6) is -0.996. The summed E-state index contributed by atoms with van der Waals surface area (Å²) in [6.45, 7) is 4.11. The quantitative estimate of drug-likeness (QED) is 0.838. The highest BCUT2D eigenvalue weighted by molar-refractivity contribution is 7.15. The average Bonchev–Trinajstić information content (AvgIpc) is 2.69. The molecule has 0 radical (unpaired) electrons. The summed E-state index contributed by atoms with van der Waals surface area (Å²) in [7, 11) is 0. The summed E-state index contributed by atoms with van der Waals surface area (Å²) in [4.78, 5) is 15.5. The predicted octanol–water partition coefficient (Wildman–Crippen LogP) is 0.977. The van der Waals surface area contributed by atoms with Crippen LogP contribution in [0.5, 0.6) is 0 Å². The smallest absolute Gasteiger partial charge is 0.355 e. The van der Waals surface area contributed by atoms with E-state index in [9.17, 15) is 4.79 Å². The number of aromatic nitrogens is 1. The summed E-state index contributed by atoms with van der Waals surface area (Å²) in [5.41, 5.74) is 0.110. The van der Waals surface area contributed by atoms with Crippen LogP contribution in [-0.2, 0) is 9.47 Å². The van der Waals surface area contributed by atoms with E-state index >= 15 is 0 Å². The standard InChI is InChI=1S/C10H14N2O4S/c1-6-8(9(13)14)12-10(17-6)11-4-7-5-15-2-3-16-7/h7H,2-5H2,1H3,(H,11,12)(H,13,14). The minimum atomic E-state index is -0.996. The van der Waals surface area contributed by atoms with Gasteiger partial charge in [-0.2, -0.15) is 0 Å². The molecule has 0 aliphatic carbocycles. The molecule has 0 spiro atoms. The zero-order valence-electron chi connectivity index (χ0n) is 9.43. The molecular formula is C10H14N2O4S. The average molecular weight is 258 g/mol. The minimum absolute atomic E-state index is 0.00114. The molecule has 17 heavy (non-hydrogen) atoms. The normalized spacial score (nSPS) is 20.2. The van der Waals surface area contributed by atoms with Gasteiger partial charge in [-0.05, 0) is 6.92 Å². The Morgan fingerprint density at radius 3 is 3.06 bits per heavy atom. The van der Waals surface area contributed by atoms with Crippen molar-refractivity contribution in [1.29, 1.82) is 0 Å². The lowest BCUT2D eigenvalue weighted by molar-refractivity contribution is -0.0818. The molecule has 94 valence electrons. The minimum Gasteiger partial charge on any atom is -0.476 e. The first-order valence-electron chi connectivity index (χ1n) is 5.30. The number of aromatic carboxylic acids is 1. The van der Waals surface area contributed by atoms with Crippen molar-refractivity contribution in [2.75, 3.05) is 31.7 Å². The highest BCUT2D eigenvalue weighted by Crippen LogP contribution is 2.22. The predicted molar refractivity (Wildman–Crippen MR) is 62.9 cm³/mol. The number of thiazole rings is 1. The molecule has 2 heterocycles. The first-order valence-corrected chi connectivity index (χ1v) is 6.12. The van der Waals surface area contributed by atoms with Gasteiger partial charge in [-0.15, -0.1) is 11.3 Å². The highest BCUT2D eigenvalue weighted by atomic mass is 32.1. The van der Waals surface area contributed by atoms with Crippen molar-refractivity contribution in [3.8, 4) is 0 Å². The maximum absolute atomic E-state index is 10.8. The van der Waals surface area contributed by atoms with Gasteiger partial charge < -0.3 is 19.9 Å². The largest absolute Gasteiger partial charge is 0.476 e. The molecule has 0 amide bonds. The third-order valence-electron chi connectivity index (χ3n) is 2.37. The van der Waals surface area contributed by atoms with Gasteiger partial charge in [-0.25, -0.2) is 9.78 Å². The van der Waals surface area contributed by atoms with E-state index in [1.165, 1.54) is 11.3 Å². The summed E-state index contributed by atoms with van der Waals surface area (Å²) in [6, 6.07) is 0. The van der Waals surface area contributed by atoms with Crippen LogP contribution in [0.2, 0.25) is 0 Å². The lowest BCUT2D eigenvalue weighted by Gasteiger charge is -2.22. The molecule has 0 aromatic carbocycles. The fourth-order valence-electron chi connectivity index (χ4n) is 1.53. The van der Waals surface area contributed by atoms with Crippen LogP contribution in [0.25, 0.3) is 0 Å². The molecule has 1 fully saturated rings. The summed E-state index contributed by atoms with van der Waals surface area (Å²) in [5, 5.41) is 12.5. The second-order valence-corrected chi connectivity index (χ2v) is 4.88. The Morgan fingerprint density at radius 1 is 1.65 bits per heavy atom. The van der Waals surface area contributed by atoms with E-state index in [2.05, 4.69) is 10.3 Å². The van der Waals surface area contributed by atoms with Gasteiger partial charge in [0.1, 0.15) is 0 Å². The van der Waals surface area contributed by atoms with Gasteiger partial charge in [0.15, 0.2) is 10.8 Å². The van der Waals surface area contributed by atoms with Crippen LogP contribution in [0.1, 0.15) is 15.4 Å². The number of carboxylic acid groups (broad SMARTS) is 1. The molecular weight excluding hydrogens is 244 g/mol. The number of rotatable bonds is 4. The third-order valence-corrected chi connectivity index (χ3v) is 3.29. The molecule has 1 unspecified atom stereocenters. The number of carbonyl (C=O) groups is 1. The van der Waals surface area contributed by atoms with E-state index in [0.29, 0.717) is 36.4 Å². The van der Waals surface area contributed by atoms with Gasteiger partial charge in [0.05, 0.1) is 25.9 Å². The van der Waals surface area contributed by atoms with E-state index in [1.54, 1.807) is 6.92 Å². The second-order valence-electron chi connectivity index (χ2n) is 3.68. The van der Waals surface area contributed by atoms with Crippen molar-refractivity contribution in [3.05, 3.63) is 10.6 Å². The molecule has 1 atom stereocenters. The topological polar surface area (TPSA) is 80.7 Å². The Kier molecular flexibility index (Phi) is 3.93. The Morgan fingerprint density at radius 2 is 2.47 bits per heavy atom. The van der Waals surface area contributed by atoms with Crippen LogP contribution in [-0.4, -0.2) is 48.5 Å². The monoisotopic (exact) mass is 258 g/mol. The molecule has 1 saturated heterocycles. The maximum Gasteiger partial charge on any atom is 0.355 e. The first-order chi connectivity index (χ1) is 8.16. The van der Waals surface area contributed by atoms with Gasteiger partial charge in [-0.1, -0.05) is 0 Å². The summed E-state index contributed by atoms with van der Waals surface area (Å²) >= 11 is 1.33. The van der Waals surface area contributed by atoms with E-state index in [-0.39, 0.29) is 11.8 Å². The van der Waals surface area contributed by atoms with Gasteiger partial charge >= 0.3 is 5.97 Å². The van der Waals surface area contributed by atoms with Crippen LogP contribution in [0, 0.1) is 6.92 Å². The number of anilines is 1. The van der Waals surface area contributed by atoms with Crippen LogP contribution in [0.4, 0.5) is 5.13 Å². The van der Waals surface area contributed by atoms with Gasteiger partial charge in [-0.3, -0.25) is 0 Å². The molecule has 2 N–H and O–H groups in total. The Balaban J connectivity index is 1.90. The summed E-state index contributed by atoms with van der Waals surface area (Å²) in [6.07, 6.45) is 0.00114. The van der Waals surface area contributed by atoms with E-state index in [4.69, 9.17) is 14.6 Å². The molecule has 0 bridgehead atoms. The Hall–Kier alpha value is -1.18. The van der Waals surface area contributed by atoms with Crippen LogP contribution in [0.3, 0.4) is 0 Å². The van der Waals surface area contributed by atoms with Crippen LogP contribution < -0.4 is 5.32 Å². The second kappa shape index (κ2) is 5.44. The number of ether oxygens (including phenoxy) is 2.